The van der Waals surface area contributed by atoms with E-state index in [9.17, 15) is 4.79 Å². The second-order valence-electron chi connectivity index (χ2n) is 3.20. The summed E-state index contributed by atoms with van der Waals surface area (Å²) in [5, 5.41) is 8.85. The van der Waals surface area contributed by atoms with Crippen LogP contribution in [0.5, 0.6) is 0 Å². The molecule has 1 heterocycles. The molecule has 0 saturated carbocycles. The molecule has 0 aromatic carbocycles. The molecule has 14 heavy (non-hydrogen) atoms. The molecular weight excluding hydrogens is 186 g/mol. The molecule has 0 bridgehead atoms. The van der Waals surface area contributed by atoms with Crippen molar-refractivity contribution in [3.05, 3.63) is 0 Å². The van der Waals surface area contributed by atoms with E-state index in [1.807, 2.05) is 0 Å². The zero-order valence-corrected chi connectivity index (χ0v) is 8.44. The Morgan fingerprint density at radius 1 is 1.57 bits per heavy atom. The van der Waals surface area contributed by atoms with Crippen LogP contribution in [0.2, 0.25) is 0 Å². The number of rotatable bonds is 5. The van der Waals surface area contributed by atoms with Crippen LogP contribution in [0.4, 0.5) is 0 Å². The van der Waals surface area contributed by atoms with Gasteiger partial charge >= 0.3 is 5.97 Å². The van der Waals surface area contributed by atoms with Crippen molar-refractivity contribution >= 4 is 5.97 Å². The number of carbonyl (C=O) groups is 1. The molecular formula is C9H17NO4. The van der Waals surface area contributed by atoms with Crippen LogP contribution < -0.4 is 0 Å². The van der Waals surface area contributed by atoms with Gasteiger partial charge < -0.3 is 14.6 Å². The van der Waals surface area contributed by atoms with E-state index >= 15 is 0 Å². The Kier molecular flexibility index (Phi) is 4.86. The lowest BCUT2D eigenvalue weighted by molar-refractivity contribution is -0.152. The molecule has 1 aliphatic rings. The first-order valence-corrected chi connectivity index (χ1v) is 4.88. The Bertz CT molecular complexity index is 180. The molecule has 0 amide bonds. The molecule has 1 rings (SSSR count). The molecule has 1 unspecified atom stereocenters. The number of hydrogen-bond donors (Lipinski definition) is 1. The molecule has 1 N–H and O–H groups in total. The van der Waals surface area contributed by atoms with Gasteiger partial charge in [-0.15, -0.1) is 0 Å². The molecule has 1 atom stereocenters. The smallest absolute Gasteiger partial charge is 0.334 e. The van der Waals surface area contributed by atoms with Crippen LogP contribution in [-0.4, -0.2) is 61.5 Å². The van der Waals surface area contributed by atoms with Crippen molar-refractivity contribution in [2.45, 2.75) is 13.0 Å². The number of nitrogens with zero attached hydrogens (tertiary/aromatic N) is 1. The molecule has 0 aliphatic carbocycles. The van der Waals surface area contributed by atoms with Crippen LogP contribution in [0.1, 0.15) is 6.92 Å². The van der Waals surface area contributed by atoms with Crippen molar-refractivity contribution in [3.8, 4) is 0 Å². The standard InChI is InChI=1S/C9H17NO4/c1-2-14-8(9(11)12)7-10-3-5-13-6-4-10/h8H,2-7H2,1H3,(H,11,12). The zero-order chi connectivity index (χ0) is 10.4. The maximum atomic E-state index is 10.8. The monoisotopic (exact) mass is 203 g/mol. The van der Waals surface area contributed by atoms with Crippen LogP contribution in [0.25, 0.3) is 0 Å². The Morgan fingerprint density at radius 3 is 2.71 bits per heavy atom. The second-order valence-corrected chi connectivity index (χ2v) is 3.20. The first-order valence-electron chi connectivity index (χ1n) is 4.88. The van der Waals surface area contributed by atoms with Crippen molar-refractivity contribution in [1.29, 1.82) is 0 Å². The van der Waals surface area contributed by atoms with E-state index in [1.165, 1.54) is 0 Å². The minimum absolute atomic E-state index is 0.432. The van der Waals surface area contributed by atoms with Crippen molar-refractivity contribution in [3.63, 3.8) is 0 Å². The molecule has 5 heteroatoms. The van der Waals surface area contributed by atoms with E-state index in [-0.39, 0.29) is 0 Å². The number of carboxylic acids is 1. The predicted molar refractivity (Wildman–Crippen MR) is 50.3 cm³/mol. The van der Waals surface area contributed by atoms with E-state index in [0.717, 1.165) is 13.1 Å². The van der Waals surface area contributed by atoms with E-state index in [1.54, 1.807) is 6.92 Å². The molecule has 0 radical (unpaired) electrons. The zero-order valence-electron chi connectivity index (χ0n) is 8.44. The fourth-order valence-corrected chi connectivity index (χ4v) is 1.42. The lowest BCUT2D eigenvalue weighted by Crippen LogP contribution is -2.44. The normalized spacial score (nSPS) is 20.6. The average molecular weight is 203 g/mol. The lowest BCUT2D eigenvalue weighted by atomic mass is 10.3. The van der Waals surface area contributed by atoms with Gasteiger partial charge in [0.05, 0.1) is 13.2 Å². The summed E-state index contributed by atoms with van der Waals surface area (Å²) in [6, 6.07) is 0. The maximum absolute atomic E-state index is 10.8. The van der Waals surface area contributed by atoms with Gasteiger partial charge in [0.15, 0.2) is 6.10 Å². The first kappa shape index (κ1) is 11.4. The molecule has 5 nitrogen and oxygen atoms in total. The molecule has 1 fully saturated rings. The molecule has 82 valence electrons. The maximum Gasteiger partial charge on any atom is 0.334 e. The summed E-state index contributed by atoms with van der Waals surface area (Å²) in [5.74, 6) is -0.890. The van der Waals surface area contributed by atoms with Crippen molar-refractivity contribution in [2.24, 2.45) is 0 Å². The van der Waals surface area contributed by atoms with E-state index in [2.05, 4.69) is 4.90 Å². The summed E-state index contributed by atoms with van der Waals surface area (Å²) in [5.41, 5.74) is 0. The van der Waals surface area contributed by atoms with Gasteiger partial charge in [0.1, 0.15) is 0 Å². The van der Waals surface area contributed by atoms with Gasteiger partial charge in [-0.25, -0.2) is 4.79 Å². The summed E-state index contributed by atoms with van der Waals surface area (Å²) in [6.45, 7) is 5.62. The minimum Gasteiger partial charge on any atom is -0.479 e. The summed E-state index contributed by atoms with van der Waals surface area (Å²) in [6.07, 6.45) is -0.710. The molecule has 0 aromatic heterocycles. The van der Waals surface area contributed by atoms with Gasteiger partial charge in [-0.1, -0.05) is 0 Å². The van der Waals surface area contributed by atoms with E-state index in [4.69, 9.17) is 14.6 Å². The third-order valence-corrected chi connectivity index (χ3v) is 2.17. The molecule has 1 aliphatic heterocycles. The Morgan fingerprint density at radius 2 is 2.21 bits per heavy atom. The third-order valence-electron chi connectivity index (χ3n) is 2.17. The fourth-order valence-electron chi connectivity index (χ4n) is 1.42. The van der Waals surface area contributed by atoms with Crippen molar-refractivity contribution < 1.29 is 19.4 Å². The highest BCUT2D eigenvalue weighted by Gasteiger charge is 2.22. The minimum atomic E-state index is -0.890. The summed E-state index contributed by atoms with van der Waals surface area (Å²) in [4.78, 5) is 12.8. The average Bonchev–Trinajstić information content (AvgIpc) is 2.18. The van der Waals surface area contributed by atoms with Gasteiger partial charge in [-0.3, -0.25) is 4.90 Å². The fraction of sp³-hybridized carbons (Fsp3) is 0.889. The lowest BCUT2D eigenvalue weighted by Gasteiger charge is -2.28. The largest absolute Gasteiger partial charge is 0.479 e. The summed E-state index contributed by atoms with van der Waals surface area (Å²) in [7, 11) is 0. The topological polar surface area (TPSA) is 59.0 Å². The third kappa shape index (κ3) is 3.61. The van der Waals surface area contributed by atoms with Crippen molar-refractivity contribution in [2.75, 3.05) is 39.5 Å². The van der Waals surface area contributed by atoms with Crippen LogP contribution in [0, 0.1) is 0 Å². The van der Waals surface area contributed by atoms with Gasteiger partial charge in [0.25, 0.3) is 0 Å². The van der Waals surface area contributed by atoms with Crippen LogP contribution >= 0.6 is 0 Å². The Labute approximate surface area is 83.6 Å². The Balaban J connectivity index is 2.33. The van der Waals surface area contributed by atoms with E-state index in [0.29, 0.717) is 26.4 Å². The van der Waals surface area contributed by atoms with Crippen molar-refractivity contribution in [1.82, 2.24) is 4.90 Å². The highest BCUT2D eigenvalue weighted by Crippen LogP contribution is 2.01. The highest BCUT2D eigenvalue weighted by atomic mass is 16.5. The second kappa shape index (κ2) is 5.95. The summed E-state index contributed by atoms with van der Waals surface area (Å²) >= 11 is 0. The van der Waals surface area contributed by atoms with Crippen LogP contribution in [-0.2, 0) is 14.3 Å². The predicted octanol–water partition coefficient (Wildman–Crippen LogP) is -0.192. The molecule has 1 saturated heterocycles. The van der Waals surface area contributed by atoms with Gasteiger partial charge in [-0.2, -0.15) is 0 Å². The number of ether oxygens (including phenoxy) is 2. The molecule has 0 aromatic rings. The highest BCUT2D eigenvalue weighted by molar-refractivity contribution is 5.72. The van der Waals surface area contributed by atoms with E-state index < -0.39 is 12.1 Å². The number of hydrogen-bond acceptors (Lipinski definition) is 4. The summed E-state index contributed by atoms with van der Waals surface area (Å²) < 4.78 is 10.3. The number of carboxylic acid groups (broad SMARTS) is 1. The first-order chi connectivity index (χ1) is 6.74. The Hall–Kier alpha value is -0.650. The van der Waals surface area contributed by atoms with Gasteiger partial charge in [0.2, 0.25) is 0 Å². The van der Waals surface area contributed by atoms with Gasteiger partial charge in [0, 0.05) is 26.2 Å². The quantitative estimate of drug-likeness (QED) is 0.671. The molecule has 0 spiro atoms. The number of aliphatic carboxylic acids is 1. The number of morpholine rings is 1. The van der Waals surface area contributed by atoms with Crippen LogP contribution in [0.3, 0.4) is 0 Å². The van der Waals surface area contributed by atoms with Crippen LogP contribution in [0.15, 0.2) is 0 Å². The van der Waals surface area contributed by atoms with Gasteiger partial charge in [-0.05, 0) is 6.92 Å². The SMILES string of the molecule is CCOC(CN1CCOCC1)C(=O)O.